The molecule has 3 rings (SSSR count). The first-order valence-electron chi connectivity index (χ1n) is 9.02. The second-order valence-corrected chi connectivity index (χ2v) is 6.43. The van der Waals surface area contributed by atoms with E-state index in [4.69, 9.17) is 9.47 Å². The van der Waals surface area contributed by atoms with Crippen molar-refractivity contribution in [1.29, 1.82) is 0 Å². The van der Waals surface area contributed by atoms with Gasteiger partial charge < -0.3 is 14.8 Å². The van der Waals surface area contributed by atoms with Crippen LogP contribution in [0.5, 0.6) is 5.75 Å². The molecule has 0 aliphatic heterocycles. The number of benzene rings is 2. The molecule has 1 atom stereocenters. The van der Waals surface area contributed by atoms with E-state index in [0.29, 0.717) is 5.75 Å². The highest BCUT2D eigenvalue weighted by Gasteiger charge is 2.21. The first kappa shape index (κ1) is 18.7. The summed E-state index contributed by atoms with van der Waals surface area (Å²) in [6, 6.07) is 15.4. The van der Waals surface area contributed by atoms with E-state index in [1.807, 2.05) is 36.4 Å². The largest absolute Gasteiger partial charge is 0.497 e. The third-order valence-electron chi connectivity index (χ3n) is 4.56. The number of aryl methyl sites for hydroxylation is 1. The zero-order chi connectivity index (χ0) is 19.1. The predicted molar refractivity (Wildman–Crippen MR) is 103 cm³/mol. The van der Waals surface area contributed by atoms with E-state index in [0.717, 1.165) is 30.4 Å². The number of carbonyl (C=O) groups is 2. The van der Waals surface area contributed by atoms with E-state index < -0.39 is 5.97 Å². The van der Waals surface area contributed by atoms with Crippen molar-refractivity contribution in [3.8, 4) is 5.75 Å². The summed E-state index contributed by atoms with van der Waals surface area (Å²) in [6.07, 6.45) is 5.89. The molecule has 2 aromatic rings. The summed E-state index contributed by atoms with van der Waals surface area (Å²) in [6.45, 7) is -0.292. The molecule has 1 aliphatic rings. The molecule has 0 aromatic heterocycles. The lowest BCUT2D eigenvalue weighted by Gasteiger charge is -2.26. The van der Waals surface area contributed by atoms with Crippen LogP contribution >= 0.6 is 0 Å². The minimum Gasteiger partial charge on any atom is -0.497 e. The number of hydrogen-bond donors (Lipinski definition) is 1. The van der Waals surface area contributed by atoms with Crippen molar-refractivity contribution in [2.24, 2.45) is 0 Å². The summed E-state index contributed by atoms with van der Waals surface area (Å²) in [5, 5.41) is 2.96. The fraction of sp³-hybridized carbons (Fsp3) is 0.273. The van der Waals surface area contributed by atoms with E-state index in [1.165, 1.54) is 11.6 Å². The molecule has 27 heavy (non-hydrogen) atoms. The van der Waals surface area contributed by atoms with Crippen molar-refractivity contribution in [2.45, 2.75) is 25.3 Å². The van der Waals surface area contributed by atoms with Gasteiger partial charge in [0.25, 0.3) is 5.91 Å². The lowest BCUT2D eigenvalue weighted by atomic mass is 9.88. The van der Waals surface area contributed by atoms with Crippen molar-refractivity contribution < 1.29 is 19.1 Å². The van der Waals surface area contributed by atoms with Gasteiger partial charge in [-0.1, -0.05) is 36.4 Å². The van der Waals surface area contributed by atoms with Gasteiger partial charge in [-0.2, -0.15) is 0 Å². The van der Waals surface area contributed by atoms with E-state index in [9.17, 15) is 9.59 Å². The summed E-state index contributed by atoms with van der Waals surface area (Å²) in [5.41, 5.74) is 3.24. The molecule has 0 bridgehead atoms. The molecule has 1 aliphatic carbocycles. The highest BCUT2D eigenvalue weighted by atomic mass is 16.5. The number of ether oxygens (including phenoxy) is 2. The molecule has 0 spiro atoms. The van der Waals surface area contributed by atoms with Gasteiger partial charge in [-0.15, -0.1) is 0 Å². The van der Waals surface area contributed by atoms with Crippen molar-refractivity contribution in [3.05, 3.63) is 71.3 Å². The van der Waals surface area contributed by atoms with E-state index in [-0.39, 0.29) is 18.6 Å². The number of hydrogen-bond acceptors (Lipinski definition) is 4. The van der Waals surface area contributed by atoms with Crippen LogP contribution in [-0.2, 0) is 20.7 Å². The molecule has 0 heterocycles. The second kappa shape index (κ2) is 9.03. The monoisotopic (exact) mass is 365 g/mol. The lowest BCUT2D eigenvalue weighted by molar-refractivity contribution is -0.144. The SMILES string of the molecule is COc1cccc(/C=C/C(=O)OCC(=O)N[C@H]2CCCc3ccccc32)c1. The van der Waals surface area contributed by atoms with Crippen LogP contribution < -0.4 is 10.1 Å². The quantitative estimate of drug-likeness (QED) is 0.629. The maximum atomic E-state index is 12.2. The van der Waals surface area contributed by atoms with Crippen LogP contribution in [-0.4, -0.2) is 25.6 Å². The number of esters is 1. The maximum Gasteiger partial charge on any atom is 0.331 e. The maximum absolute atomic E-state index is 12.2. The Morgan fingerprint density at radius 1 is 1.19 bits per heavy atom. The predicted octanol–water partition coefficient (Wildman–Crippen LogP) is 3.45. The third kappa shape index (κ3) is 5.20. The molecule has 0 fully saturated rings. The highest BCUT2D eigenvalue weighted by molar-refractivity contribution is 5.89. The van der Waals surface area contributed by atoms with Crippen LogP contribution in [0.4, 0.5) is 0 Å². The summed E-state index contributed by atoms with van der Waals surface area (Å²) >= 11 is 0. The molecule has 0 unspecified atom stereocenters. The summed E-state index contributed by atoms with van der Waals surface area (Å²) in [5.74, 6) is -0.144. The Labute approximate surface area is 159 Å². The molecule has 0 saturated heterocycles. The Bertz CT molecular complexity index is 844. The lowest BCUT2D eigenvalue weighted by Crippen LogP contribution is -2.34. The number of methoxy groups -OCH3 is 1. The van der Waals surface area contributed by atoms with E-state index in [1.54, 1.807) is 19.3 Å². The molecule has 0 radical (unpaired) electrons. The molecule has 5 heteroatoms. The molecule has 1 amide bonds. The molecular formula is C22H23NO4. The first-order valence-corrected chi connectivity index (χ1v) is 9.02. The Hall–Kier alpha value is -3.08. The molecule has 5 nitrogen and oxygen atoms in total. The van der Waals surface area contributed by atoms with Gasteiger partial charge in [0.2, 0.25) is 0 Å². The minimum absolute atomic E-state index is 0.0199. The molecule has 2 aromatic carbocycles. The van der Waals surface area contributed by atoms with Gasteiger partial charge in [0, 0.05) is 6.08 Å². The van der Waals surface area contributed by atoms with Crippen LogP contribution in [0.15, 0.2) is 54.6 Å². The van der Waals surface area contributed by atoms with Crippen LogP contribution in [0.25, 0.3) is 6.08 Å². The second-order valence-electron chi connectivity index (χ2n) is 6.43. The Morgan fingerprint density at radius 2 is 2.04 bits per heavy atom. The minimum atomic E-state index is -0.558. The fourth-order valence-electron chi connectivity index (χ4n) is 3.23. The standard InChI is InChI=1S/C22H23NO4/c1-26-18-9-4-6-16(14-18)12-13-22(25)27-15-21(24)23-20-11-5-8-17-7-2-3-10-19(17)20/h2-4,6-7,9-10,12-14,20H,5,8,11,15H2,1H3,(H,23,24)/b13-12+/t20-/m0/s1. The molecule has 0 saturated carbocycles. The summed E-state index contributed by atoms with van der Waals surface area (Å²) in [4.78, 5) is 24.0. The van der Waals surface area contributed by atoms with E-state index in [2.05, 4.69) is 11.4 Å². The van der Waals surface area contributed by atoms with Crippen LogP contribution in [0, 0.1) is 0 Å². The number of carbonyl (C=O) groups excluding carboxylic acids is 2. The van der Waals surface area contributed by atoms with Gasteiger partial charge in [-0.3, -0.25) is 4.79 Å². The van der Waals surface area contributed by atoms with Crippen LogP contribution in [0.3, 0.4) is 0 Å². The van der Waals surface area contributed by atoms with Crippen LogP contribution in [0.2, 0.25) is 0 Å². The fourth-order valence-corrected chi connectivity index (χ4v) is 3.23. The Kier molecular flexibility index (Phi) is 6.26. The average molecular weight is 365 g/mol. The van der Waals surface area contributed by atoms with E-state index >= 15 is 0 Å². The number of fused-ring (bicyclic) bond motifs is 1. The zero-order valence-corrected chi connectivity index (χ0v) is 15.3. The highest BCUT2D eigenvalue weighted by Crippen LogP contribution is 2.29. The van der Waals surface area contributed by atoms with Gasteiger partial charge in [0.1, 0.15) is 5.75 Å². The molecule has 1 N–H and O–H groups in total. The Morgan fingerprint density at radius 3 is 2.89 bits per heavy atom. The number of rotatable bonds is 6. The average Bonchev–Trinajstić information content (AvgIpc) is 2.71. The molecular weight excluding hydrogens is 342 g/mol. The van der Waals surface area contributed by atoms with Gasteiger partial charge in [0.15, 0.2) is 6.61 Å². The van der Waals surface area contributed by atoms with Gasteiger partial charge in [-0.25, -0.2) is 4.79 Å². The van der Waals surface area contributed by atoms with Crippen molar-refractivity contribution in [3.63, 3.8) is 0 Å². The zero-order valence-electron chi connectivity index (χ0n) is 15.3. The Balaban J connectivity index is 1.49. The molecule has 140 valence electrons. The van der Waals surface area contributed by atoms with Crippen LogP contribution in [0.1, 0.15) is 35.6 Å². The van der Waals surface area contributed by atoms with Gasteiger partial charge in [0.05, 0.1) is 13.2 Å². The third-order valence-corrected chi connectivity index (χ3v) is 4.56. The number of amides is 1. The van der Waals surface area contributed by atoms with Crippen molar-refractivity contribution >= 4 is 18.0 Å². The number of nitrogens with one attached hydrogen (secondary N) is 1. The summed E-state index contributed by atoms with van der Waals surface area (Å²) in [7, 11) is 1.58. The summed E-state index contributed by atoms with van der Waals surface area (Å²) < 4.78 is 10.2. The first-order chi connectivity index (χ1) is 13.2. The van der Waals surface area contributed by atoms with Gasteiger partial charge in [-0.05, 0) is 54.2 Å². The smallest absolute Gasteiger partial charge is 0.331 e. The van der Waals surface area contributed by atoms with Gasteiger partial charge >= 0.3 is 5.97 Å². The van der Waals surface area contributed by atoms with Crippen molar-refractivity contribution in [1.82, 2.24) is 5.32 Å². The van der Waals surface area contributed by atoms with Crippen molar-refractivity contribution in [2.75, 3.05) is 13.7 Å². The normalized spacial score (nSPS) is 15.8. The topological polar surface area (TPSA) is 64.6 Å².